The Morgan fingerprint density at radius 1 is 1.50 bits per heavy atom. The molecule has 0 saturated carbocycles. The molecule has 6 heteroatoms. The Bertz CT molecular complexity index is 493. The van der Waals surface area contributed by atoms with Crippen LogP contribution in [0, 0.1) is 6.92 Å². The first-order chi connectivity index (χ1) is 9.45. The smallest absolute Gasteiger partial charge is 0.328 e. The fourth-order valence-electron chi connectivity index (χ4n) is 2.07. The van der Waals surface area contributed by atoms with E-state index in [2.05, 4.69) is 5.32 Å². The second-order valence-corrected chi connectivity index (χ2v) is 4.86. The van der Waals surface area contributed by atoms with E-state index in [0.717, 1.165) is 5.56 Å². The van der Waals surface area contributed by atoms with Crippen LogP contribution in [0.5, 0.6) is 5.75 Å². The van der Waals surface area contributed by atoms with E-state index >= 15 is 0 Å². The van der Waals surface area contributed by atoms with E-state index < -0.39 is 19.1 Å². The summed E-state index contributed by atoms with van der Waals surface area (Å²) < 4.78 is 34.4. The van der Waals surface area contributed by atoms with Gasteiger partial charge in [0.2, 0.25) is 0 Å². The van der Waals surface area contributed by atoms with Gasteiger partial charge in [-0.2, -0.15) is 0 Å². The summed E-state index contributed by atoms with van der Waals surface area (Å²) in [6, 6.07) is 4.75. The number of benzene rings is 1. The maximum absolute atomic E-state index is 12.2. The standard InChI is InChI=1S/C14H17F2NO3/c1-8-3-4-10(6-12(8)19-7-13(15)16)17-11-5-9(2)20-14(11)18/h3-4,6,9,11,13,17H,5,7H2,1-2H3/t9-,11+/m1/s1. The van der Waals surface area contributed by atoms with E-state index in [4.69, 9.17) is 9.47 Å². The number of ether oxygens (including phenoxy) is 2. The third-order valence-corrected chi connectivity index (χ3v) is 3.06. The van der Waals surface area contributed by atoms with E-state index in [1.165, 1.54) is 0 Å². The Morgan fingerprint density at radius 3 is 2.85 bits per heavy atom. The lowest BCUT2D eigenvalue weighted by molar-refractivity contribution is -0.141. The molecule has 0 spiro atoms. The zero-order chi connectivity index (χ0) is 14.7. The quantitative estimate of drug-likeness (QED) is 0.845. The van der Waals surface area contributed by atoms with Gasteiger partial charge >= 0.3 is 5.97 Å². The minimum absolute atomic E-state index is 0.111. The molecule has 0 bridgehead atoms. The fraction of sp³-hybridized carbons (Fsp3) is 0.500. The van der Waals surface area contributed by atoms with Crippen molar-refractivity contribution in [1.29, 1.82) is 0 Å². The highest BCUT2D eigenvalue weighted by molar-refractivity contribution is 5.81. The van der Waals surface area contributed by atoms with Gasteiger partial charge in [-0.15, -0.1) is 0 Å². The van der Waals surface area contributed by atoms with Gasteiger partial charge in [-0.3, -0.25) is 0 Å². The molecule has 110 valence electrons. The first-order valence-corrected chi connectivity index (χ1v) is 6.44. The van der Waals surface area contributed by atoms with Crippen molar-refractivity contribution in [3.8, 4) is 5.75 Å². The van der Waals surface area contributed by atoms with Crippen LogP contribution in [0.25, 0.3) is 0 Å². The van der Waals surface area contributed by atoms with Crippen LogP contribution < -0.4 is 10.1 Å². The number of nitrogens with one attached hydrogen (secondary N) is 1. The van der Waals surface area contributed by atoms with Crippen LogP contribution in [0.1, 0.15) is 18.9 Å². The van der Waals surface area contributed by atoms with E-state index in [0.29, 0.717) is 17.9 Å². The van der Waals surface area contributed by atoms with Gasteiger partial charge in [0.1, 0.15) is 24.5 Å². The molecule has 2 rings (SSSR count). The highest BCUT2D eigenvalue weighted by atomic mass is 19.3. The number of aryl methyl sites for hydroxylation is 1. The van der Waals surface area contributed by atoms with Crippen LogP contribution in [0.15, 0.2) is 18.2 Å². The van der Waals surface area contributed by atoms with Crippen molar-refractivity contribution in [2.45, 2.75) is 38.8 Å². The molecule has 1 aromatic rings. The van der Waals surface area contributed by atoms with Gasteiger partial charge in [-0.05, 0) is 25.5 Å². The van der Waals surface area contributed by atoms with E-state index in [9.17, 15) is 13.6 Å². The molecule has 0 amide bonds. The number of hydrogen-bond donors (Lipinski definition) is 1. The molecule has 1 fully saturated rings. The lowest BCUT2D eigenvalue weighted by Crippen LogP contribution is -2.24. The summed E-state index contributed by atoms with van der Waals surface area (Å²) in [6.07, 6.45) is -2.04. The van der Waals surface area contributed by atoms with Gasteiger partial charge in [0.05, 0.1) is 0 Å². The molecule has 4 nitrogen and oxygen atoms in total. The van der Waals surface area contributed by atoms with Gasteiger partial charge in [0.15, 0.2) is 0 Å². The number of cyclic esters (lactones) is 1. The van der Waals surface area contributed by atoms with E-state index in [1.807, 2.05) is 6.92 Å². The average Bonchev–Trinajstić information content (AvgIpc) is 2.68. The fourth-order valence-corrected chi connectivity index (χ4v) is 2.07. The van der Waals surface area contributed by atoms with Crippen LogP contribution in [0.4, 0.5) is 14.5 Å². The Hall–Kier alpha value is -1.85. The number of rotatable bonds is 5. The molecule has 1 heterocycles. The molecular weight excluding hydrogens is 268 g/mol. The van der Waals surface area contributed by atoms with Crippen LogP contribution in [-0.2, 0) is 9.53 Å². The van der Waals surface area contributed by atoms with Gasteiger partial charge in [0, 0.05) is 18.2 Å². The Kier molecular flexibility index (Phi) is 4.42. The number of halogens is 2. The minimum Gasteiger partial charge on any atom is -0.487 e. The number of alkyl halides is 2. The van der Waals surface area contributed by atoms with Crippen molar-refractivity contribution in [3.63, 3.8) is 0 Å². The molecule has 1 N–H and O–H groups in total. The summed E-state index contributed by atoms with van der Waals surface area (Å²) in [5.41, 5.74) is 1.41. The van der Waals surface area contributed by atoms with Crippen LogP contribution in [0.3, 0.4) is 0 Å². The molecule has 1 aliphatic heterocycles. The lowest BCUT2D eigenvalue weighted by Gasteiger charge is -2.14. The Labute approximate surface area is 116 Å². The molecule has 0 aliphatic carbocycles. The zero-order valence-electron chi connectivity index (χ0n) is 11.4. The summed E-state index contributed by atoms with van der Waals surface area (Å²) >= 11 is 0. The summed E-state index contributed by atoms with van der Waals surface area (Å²) in [6.45, 7) is 2.95. The molecule has 1 aromatic carbocycles. The van der Waals surface area contributed by atoms with Crippen molar-refractivity contribution in [3.05, 3.63) is 23.8 Å². The monoisotopic (exact) mass is 285 g/mol. The van der Waals surface area contributed by atoms with Crippen LogP contribution in [0.2, 0.25) is 0 Å². The van der Waals surface area contributed by atoms with Crippen molar-refractivity contribution >= 4 is 11.7 Å². The largest absolute Gasteiger partial charge is 0.487 e. The third-order valence-electron chi connectivity index (χ3n) is 3.06. The lowest BCUT2D eigenvalue weighted by atomic mass is 10.1. The molecule has 20 heavy (non-hydrogen) atoms. The van der Waals surface area contributed by atoms with Crippen LogP contribution >= 0.6 is 0 Å². The van der Waals surface area contributed by atoms with Gasteiger partial charge in [-0.1, -0.05) is 6.07 Å². The van der Waals surface area contributed by atoms with Crippen molar-refractivity contribution in [1.82, 2.24) is 0 Å². The van der Waals surface area contributed by atoms with Gasteiger partial charge < -0.3 is 14.8 Å². The molecule has 0 unspecified atom stereocenters. The minimum atomic E-state index is -2.52. The molecule has 1 aliphatic rings. The van der Waals surface area contributed by atoms with Crippen molar-refractivity contribution in [2.75, 3.05) is 11.9 Å². The number of hydrogen-bond acceptors (Lipinski definition) is 4. The second-order valence-electron chi connectivity index (χ2n) is 4.86. The molecule has 1 saturated heterocycles. The molecule has 0 aromatic heterocycles. The first kappa shape index (κ1) is 14.6. The average molecular weight is 285 g/mol. The number of esters is 1. The Morgan fingerprint density at radius 2 is 2.25 bits per heavy atom. The van der Waals surface area contributed by atoms with Gasteiger partial charge in [0.25, 0.3) is 6.43 Å². The maximum Gasteiger partial charge on any atom is 0.328 e. The van der Waals surface area contributed by atoms with Crippen molar-refractivity contribution in [2.24, 2.45) is 0 Å². The molecule has 0 radical (unpaired) electrons. The highest BCUT2D eigenvalue weighted by Gasteiger charge is 2.31. The summed E-state index contributed by atoms with van der Waals surface area (Å²) in [5, 5.41) is 3.03. The predicted octanol–water partition coefficient (Wildman–Crippen LogP) is 2.75. The molecule has 2 atom stereocenters. The number of carbonyl (C=O) groups excluding carboxylic acids is 1. The second kappa shape index (κ2) is 6.07. The Balaban J connectivity index is 2.05. The van der Waals surface area contributed by atoms with Crippen LogP contribution in [-0.4, -0.2) is 31.1 Å². The number of carbonyl (C=O) groups is 1. The predicted molar refractivity (Wildman–Crippen MR) is 70.3 cm³/mol. The summed E-state index contributed by atoms with van der Waals surface area (Å²) in [5.74, 6) is 0.0860. The number of anilines is 1. The van der Waals surface area contributed by atoms with E-state index in [-0.39, 0.29) is 12.1 Å². The SMILES string of the molecule is Cc1ccc(N[C@H]2C[C@@H](C)OC2=O)cc1OCC(F)F. The summed E-state index contributed by atoms with van der Waals surface area (Å²) in [7, 11) is 0. The van der Waals surface area contributed by atoms with Gasteiger partial charge in [-0.25, -0.2) is 13.6 Å². The summed E-state index contributed by atoms with van der Waals surface area (Å²) in [4.78, 5) is 11.5. The molecular formula is C14H17F2NO3. The maximum atomic E-state index is 12.2. The normalized spacial score (nSPS) is 21.9. The first-order valence-electron chi connectivity index (χ1n) is 6.44. The van der Waals surface area contributed by atoms with E-state index in [1.54, 1.807) is 25.1 Å². The van der Waals surface area contributed by atoms with Crippen molar-refractivity contribution < 1.29 is 23.0 Å². The highest BCUT2D eigenvalue weighted by Crippen LogP contribution is 2.25. The third kappa shape index (κ3) is 3.59. The topological polar surface area (TPSA) is 47.6 Å². The zero-order valence-corrected chi connectivity index (χ0v) is 11.4.